The summed E-state index contributed by atoms with van der Waals surface area (Å²) in [6, 6.07) is 25.7. The molecule has 0 aliphatic rings. The summed E-state index contributed by atoms with van der Waals surface area (Å²) in [4.78, 5) is 29.4. The van der Waals surface area contributed by atoms with Gasteiger partial charge in [-0.3, -0.25) is 4.79 Å². The Labute approximate surface area is 252 Å². The molecule has 4 aromatic rings. The second-order valence-electron chi connectivity index (χ2n) is 8.94. The Kier molecular flexibility index (Phi) is 11.6. The van der Waals surface area contributed by atoms with Gasteiger partial charge in [0, 0.05) is 17.8 Å². The number of nitrogens with zero attached hydrogens (tertiary/aromatic N) is 1. The number of hydrogen-bond donors (Lipinski definition) is 2. The molecule has 1 aromatic heterocycles. The first-order valence-corrected chi connectivity index (χ1v) is 13.9. The predicted molar refractivity (Wildman–Crippen MR) is 159 cm³/mol. The van der Waals surface area contributed by atoms with Gasteiger partial charge in [-0.1, -0.05) is 60.7 Å². The third kappa shape index (κ3) is 8.37. The second-order valence-corrected chi connectivity index (χ2v) is 9.93. The Morgan fingerprint density at radius 2 is 1.68 bits per heavy atom. The van der Waals surface area contributed by atoms with Crippen molar-refractivity contribution in [1.29, 1.82) is 0 Å². The van der Waals surface area contributed by atoms with Crippen LogP contribution in [0, 0.1) is 6.92 Å². The van der Waals surface area contributed by atoms with Crippen LogP contribution >= 0.6 is 11.8 Å². The quantitative estimate of drug-likeness (QED) is 0.276. The minimum Gasteiger partial charge on any atom is -1.00 e. The van der Waals surface area contributed by atoms with E-state index in [0.717, 1.165) is 33.6 Å². The fraction of sp³-hybridized carbons (Fsp3) is 0.156. The first-order valence-electron chi connectivity index (χ1n) is 12.5. The van der Waals surface area contributed by atoms with Crippen LogP contribution in [0.15, 0.2) is 91.1 Å². The maximum absolute atomic E-state index is 13.3. The molecule has 1 amide bonds. The standard InChI is InChI=1S/C32H30N2O4S.Li.H/c1-22-8-6-7-11-26(22)28-20-23(14-16-27(28)31(35)34-29(32(36)37)18-19-39-2)12-13-24-15-17-30(33-21-24)38-25-9-4-3-5-10-25;;/h3-17,20-21,29H,18-19H2,1-2H3,(H,34,35)(H,36,37);;/q;+1;-1. The summed E-state index contributed by atoms with van der Waals surface area (Å²) in [5.41, 5.74) is 4.90. The van der Waals surface area contributed by atoms with Crippen molar-refractivity contribution in [3.8, 4) is 22.8 Å². The van der Waals surface area contributed by atoms with Crippen molar-refractivity contribution in [1.82, 2.24) is 10.3 Å². The molecule has 3 aromatic carbocycles. The fourth-order valence-corrected chi connectivity index (χ4v) is 4.51. The van der Waals surface area contributed by atoms with E-state index < -0.39 is 17.9 Å². The molecule has 4 rings (SSSR count). The van der Waals surface area contributed by atoms with E-state index in [1.165, 1.54) is 0 Å². The van der Waals surface area contributed by atoms with E-state index in [1.54, 1.807) is 24.0 Å². The number of thioether (sulfide) groups is 1. The predicted octanol–water partition coefficient (Wildman–Crippen LogP) is 4.07. The van der Waals surface area contributed by atoms with Crippen LogP contribution in [0.4, 0.5) is 0 Å². The van der Waals surface area contributed by atoms with Crippen molar-refractivity contribution < 1.29 is 39.7 Å². The molecule has 1 unspecified atom stereocenters. The molecule has 200 valence electrons. The molecule has 0 fully saturated rings. The molecule has 2 N–H and O–H groups in total. The van der Waals surface area contributed by atoms with Gasteiger partial charge in [0.25, 0.3) is 5.91 Å². The summed E-state index contributed by atoms with van der Waals surface area (Å²) in [6.45, 7) is 1.99. The first kappa shape index (κ1) is 30.8. The molecule has 0 bridgehead atoms. The Hall–Kier alpha value is -3.76. The third-order valence-electron chi connectivity index (χ3n) is 6.13. The number of carboxylic acid groups (broad SMARTS) is 1. The Morgan fingerprint density at radius 1 is 0.975 bits per heavy atom. The SMILES string of the molecule is CSCCC(NC(=O)c1ccc(C=Cc2ccc(Oc3ccccc3)nc2)cc1-c1ccccc1C)C(=O)O.[H-].[Li+]. The molecule has 6 nitrogen and oxygen atoms in total. The van der Waals surface area contributed by atoms with Crippen LogP contribution in [0.3, 0.4) is 0 Å². The van der Waals surface area contributed by atoms with E-state index in [4.69, 9.17) is 4.74 Å². The zero-order chi connectivity index (χ0) is 27.6. The Morgan fingerprint density at radius 3 is 2.35 bits per heavy atom. The number of aromatic nitrogens is 1. The Balaban J connectivity index is 0.00000294. The molecule has 40 heavy (non-hydrogen) atoms. The summed E-state index contributed by atoms with van der Waals surface area (Å²) in [7, 11) is 0. The largest absolute Gasteiger partial charge is 1.00 e. The van der Waals surface area contributed by atoms with Gasteiger partial charge in [0.2, 0.25) is 5.88 Å². The first-order chi connectivity index (χ1) is 18.9. The average Bonchev–Trinajstić information content (AvgIpc) is 2.95. The van der Waals surface area contributed by atoms with Gasteiger partial charge < -0.3 is 16.6 Å². The van der Waals surface area contributed by atoms with Gasteiger partial charge in [0.1, 0.15) is 11.8 Å². The maximum Gasteiger partial charge on any atom is 1.00 e. The molecule has 0 saturated heterocycles. The molecule has 0 saturated carbocycles. The fourth-order valence-electron chi connectivity index (χ4n) is 4.04. The second kappa shape index (κ2) is 15.1. The van der Waals surface area contributed by atoms with Crippen LogP contribution in [-0.2, 0) is 4.79 Å². The number of rotatable bonds is 11. The van der Waals surface area contributed by atoms with Crippen LogP contribution in [0.5, 0.6) is 11.6 Å². The molecule has 1 heterocycles. The molecular formula is C32H31LiN2O4S. The van der Waals surface area contributed by atoms with Crippen molar-refractivity contribution >= 4 is 35.8 Å². The monoisotopic (exact) mass is 546 g/mol. The number of amides is 1. The van der Waals surface area contributed by atoms with Crippen molar-refractivity contribution in [2.45, 2.75) is 19.4 Å². The summed E-state index contributed by atoms with van der Waals surface area (Å²) in [5.74, 6) is 0.423. The number of ether oxygens (including phenoxy) is 1. The number of nitrogens with one attached hydrogen (secondary N) is 1. The number of hydrogen-bond acceptors (Lipinski definition) is 5. The van der Waals surface area contributed by atoms with E-state index in [0.29, 0.717) is 23.6 Å². The molecule has 0 spiro atoms. The minimum atomic E-state index is -1.04. The topological polar surface area (TPSA) is 88.5 Å². The summed E-state index contributed by atoms with van der Waals surface area (Å²) < 4.78 is 5.76. The minimum absolute atomic E-state index is 0. The maximum atomic E-state index is 13.3. The van der Waals surface area contributed by atoms with Crippen LogP contribution in [-0.4, -0.2) is 40.0 Å². The number of carbonyl (C=O) groups is 2. The van der Waals surface area contributed by atoms with Crippen LogP contribution in [0.1, 0.15) is 34.9 Å². The zero-order valence-electron chi connectivity index (χ0n) is 23.8. The molecule has 0 aliphatic carbocycles. The number of pyridine rings is 1. The summed E-state index contributed by atoms with van der Waals surface area (Å²) in [5, 5.41) is 12.3. The third-order valence-corrected chi connectivity index (χ3v) is 6.77. The van der Waals surface area contributed by atoms with Gasteiger partial charge in [-0.2, -0.15) is 11.8 Å². The van der Waals surface area contributed by atoms with Gasteiger partial charge in [-0.25, -0.2) is 9.78 Å². The molecule has 0 aliphatic heterocycles. The van der Waals surface area contributed by atoms with E-state index in [1.807, 2.05) is 104 Å². The van der Waals surface area contributed by atoms with E-state index >= 15 is 0 Å². The van der Waals surface area contributed by atoms with Crippen molar-refractivity contribution in [2.75, 3.05) is 12.0 Å². The van der Waals surface area contributed by atoms with E-state index in [-0.39, 0.29) is 20.3 Å². The molecule has 0 radical (unpaired) electrons. The van der Waals surface area contributed by atoms with E-state index in [9.17, 15) is 14.7 Å². The van der Waals surface area contributed by atoms with Gasteiger partial charge >= 0.3 is 24.8 Å². The van der Waals surface area contributed by atoms with Crippen LogP contribution in [0.25, 0.3) is 23.3 Å². The van der Waals surface area contributed by atoms with Gasteiger partial charge in [-0.15, -0.1) is 0 Å². The van der Waals surface area contributed by atoms with Gasteiger partial charge in [0.15, 0.2) is 0 Å². The average molecular weight is 547 g/mol. The number of aliphatic carboxylic acids is 1. The van der Waals surface area contributed by atoms with Crippen LogP contribution in [0.2, 0.25) is 0 Å². The smallest absolute Gasteiger partial charge is 1.00 e. The Bertz CT molecular complexity index is 1470. The molecular weight excluding hydrogens is 515 g/mol. The number of carboxylic acids is 1. The number of aryl methyl sites for hydroxylation is 1. The van der Waals surface area contributed by atoms with Crippen molar-refractivity contribution in [3.63, 3.8) is 0 Å². The number of benzene rings is 3. The van der Waals surface area contributed by atoms with Crippen molar-refractivity contribution in [2.24, 2.45) is 0 Å². The van der Waals surface area contributed by atoms with Crippen LogP contribution < -0.4 is 28.9 Å². The summed E-state index contributed by atoms with van der Waals surface area (Å²) >= 11 is 1.55. The van der Waals surface area contributed by atoms with Crippen molar-refractivity contribution in [3.05, 3.63) is 113 Å². The van der Waals surface area contributed by atoms with Gasteiger partial charge in [0.05, 0.1) is 0 Å². The zero-order valence-corrected chi connectivity index (χ0v) is 23.7. The number of carbonyl (C=O) groups excluding carboxylic acids is 1. The summed E-state index contributed by atoms with van der Waals surface area (Å²) in [6.07, 6.45) is 7.90. The normalized spacial score (nSPS) is 11.4. The number of para-hydroxylation sites is 1. The molecule has 1 atom stereocenters. The molecule has 8 heteroatoms. The van der Waals surface area contributed by atoms with Gasteiger partial charge in [-0.05, 0) is 83.5 Å². The van der Waals surface area contributed by atoms with E-state index in [2.05, 4.69) is 10.3 Å².